The molecule has 0 radical (unpaired) electrons. The number of nitrogens with one attached hydrogen (secondary N) is 2. The first-order valence-electron chi connectivity index (χ1n) is 11.6. The van der Waals surface area contributed by atoms with Gasteiger partial charge in [0.05, 0.1) is 11.7 Å². The van der Waals surface area contributed by atoms with E-state index in [-0.39, 0.29) is 29.4 Å². The molecule has 0 atom stereocenters. The Balaban J connectivity index is 1.18. The molecule has 1 fully saturated rings. The minimum atomic E-state index is -0.617. The van der Waals surface area contributed by atoms with Crippen LogP contribution in [0.15, 0.2) is 67.0 Å². The van der Waals surface area contributed by atoms with Crippen molar-refractivity contribution in [2.45, 2.75) is 37.8 Å². The Hall–Kier alpha value is -3.54. The second-order valence-electron chi connectivity index (χ2n) is 8.66. The first kappa shape index (κ1) is 24.2. The molecule has 2 amide bonds. The fraction of sp³-hybridized carbons (Fsp3) is 0.231. The van der Waals surface area contributed by atoms with E-state index in [1.165, 1.54) is 0 Å². The molecule has 8 nitrogen and oxygen atoms in total. The van der Waals surface area contributed by atoms with Crippen molar-refractivity contribution < 1.29 is 18.7 Å². The summed E-state index contributed by atoms with van der Waals surface area (Å²) in [5.74, 6) is -0.719. The molecular weight excluding hydrogens is 576 g/mol. The summed E-state index contributed by atoms with van der Waals surface area (Å²) in [5, 5.41) is 10.3. The van der Waals surface area contributed by atoms with Crippen molar-refractivity contribution in [2.24, 2.45) is 0 Å². The highest BCUT2D eigenvalue weighted by Gasteiger charge is 2.26. The standard InChI is InChI=1S/C26H23FIN5O3/c27-16-12-22(26(29-15-16)36-21-6-3-4-17(28)13-21)24(34)30-18-7-9-19(10-8-18)31-25(35)23-14-20-5-1-2-11-33(20)32-23/h1-6,11-15,18-19H,7-10H2,(H,30,34)(H,31,35)/t18-,19-. The van der Waals surface area contributed by atoms with Gasteiger partial charge in [0.1, 0.15) is 17.1 Å². The molecule has 3 aromatic heterocycles. The van der Waals surface area contributed by atoms with Crippen molar-refractivity contribution in [3.8, 4) is 11.6 Å². The summed E-state index contributed by atoms with van der Waals surface area (Å²) in [7, 11) is 0. The van der Waals surface area contributed by atoms with E-state index in [1.807, 2.05) is 30.3 Å². The fourth-order valence-electron chi connectivity index (χ4n) is 4.27. The number of benzene rings is 1. The maximum atomic E-state index is 13.9. The second kappa shape index (κ2) is 10.6. The number of fused-ring (bicyclic) bond motifs is 1. The van der Waals surface area contributed by atoms with Gasteiger partial charge in [-0.15, -0.1) is 0 Å². The first-order chi connectivity index (χ1) is 17.4. The van der Waals surface area contributed by atoms with Crippen molar-refractivity contribution in [1.29, 1.82) is 0 Å². The average molecular weight is 599 g/mol. The van der Waals surface area contributed by atoms with E-state index in [0.717, 1.165) is 21.4 Å². The van der Waals surface area contributed by atoms with Gasteiger partial charge >= 0.3 is 0 Å². The quantitative estimate of drug-likeness (QED) is 0.313. The van der Waals surface area contributed by atoms with Crippen molar-refractivity contribution in [2.75, 3.05) is 0 Å². The summed E-state index contributed by atoms with van der Waals surface area (Å²) in [6.45, 7) is 0. The van der Waals surface area contributed by atoms with E-state index in [9.17, 15) is 14.0 Å². The zero-order valence-corrected chi connectivity index (χ0v) is 21.3. The van der Waals surface area contributed by atoms with E-state index in [4.69, 9.17) is 4.74 Å². The lowest BCUT2D eigenvalue weighted by Crippen LogP contribution is -2.44. The third-order valence-corrected chi connectivity index (χ3v) is 6.74. The number of aromatic nitrogens is 3. The Kier molecular flexibility index (Phi) is 7.12. The lowest BCUT2D eigenvalue weighted by Gasteiger charge is -2.29. The number of rotatable bonds is 6. The van der Waals surface area contributed by atoms with Gasteiger partial charge in [-0.3, -0.25) is 9.59 Å². The van der Waals surface area contributed by atoms with E-state index < -0.39 is 11.7 Å². The largest absolute Gasteiger partial charge is 0.438 e. The molecule has 36 heavy (non-hydrogen) atoms. The molecule has 5 rings (SSSR count). The molecule has 1 aliphatic rings. The third kappa shape index (κ3) is 5.64. The Morgan fingerprint density at radius 2 is 1.72 bits per heavy atom. The highest BCUT2D eigenvalue weighted by molar-refractivity contribution is 14.1. The lowest BCUT2D eigenvalue weighted by atomic mass is 9.91. The molecule has 0 aliphatic heterocycles. The average Bonchev–Trinajstić information content (AvgIpc) is 3.31. The van der Waals surface area contributed by atoms with Crippen molar-refractivity contribution >= 4 is 39.9 Å². The van der Waals surface area contributed by atoms with E-state index in [0.29, 0.717) is 37.1 Å². The minimum Gasteiger partial charge on any atom is -0.438 e. The van der Waals surface area contributed by atoms with Crippen LogP contribution in [0.2, 0.25) is 0 Å². The van der Waals surface area contributed by atoms with Crippen LogP contribution >= 0.6 is 22.6 Å². The molecule has 1 saturated carbocycles. The number of nitrogens with zero attached hydrogens (tertiary/aromatic N) is 3. The van der Waals surface area contributed by atoms with Crippen LogP contribution in [-0.4, -0.2) is 38.5 Å². The van der Waals surface area contributed by atoms with Gasteiger partial charge in [-0.25, -0.2) is 13.9 Å². The van der Waals surface area contributed by atoms with Gasteiger partial charge in [0, 0.05) is 21.9 Å². The number of halogens is 2. The van der Waals surface area contributed by atoms with Crippen LogP contribution in [-0.2, 0) is 0 Å². The summed E-state index contributed by atoms with van der Waals surface area (Å²) in [6, 6.07) is 15.7. The van der Waals surface area contributed by atoms with E-state index in [2.05, 4.69) is 43.3 Å². The maximum Gasteiger partial charge on any atom is 0.272 e. The van der Waals surface area contributed by atoms with Gasteiger partial charge in [-0.2, -0.15) is 5.10 Å². The van der Waals surface area contributed by atoms with Crippen LogP contribution < -0.4 is 15.4 Å². The molecule has 4 aromatic rings. The smallest absolute Gasteiger partial charge is 0.272 e. The summed E-state index contributed by atoms with van der Waals surface area (Å²) >= 11 is 2.16. The number of carbonyl (C=O) groups excluding carboxylic acids is 2. The van der Waals surface area contributed by atoms with Crippen molar-refractivity contribution in [3.05, 3.63) is 87.6 Å². The third-order valence-electron chi connectivity index (χ3n) is 6.07. The van der Waals surface area contributed by atoms with Gasteiger partial charge in [0.2, 0.25) is 5.88 Å². The second-order valence-corrected chi connectivity index (χ2v) is 9.91. The van der Waals surface area contributed by atoms with Gasteiger partial charge < -0.3 is 15.4 Å². The normalized spacial score (nSPS) is 17.5. The summed E-state index contributed by atoms with van der Waals surface area (Å²) in [6.07, 6.45) is 5.59. The monoisotopic (exact) mass is 599 g/mol. The summed E-state index contributed by atoms with van der Waals surface area (Å²) < 4.78 is 22.3. The predicted molar refractivity (Wildman–Crippen MR) is 140 cm³/mol. The Bertz CT molecular complexity index is 1380. The molecule has 0 unspecified atom stereocenters. The van der Waals surface area contributed by atoms with Gasteiger partial charge in [0.25, 0.3) is 11.8 Å². The molecule has 0 bridgehead atoms. The molecule has 184 valence electrons. The van der Waals surface area contributed by atoms with Crippen molar-refractivity contribution in [1.82, 2.24) is 25.2 Å². The zero-order chi connectivity index (χ0) is 25.1. The molecule has 10 heteroatoms. The van der Waals surface area contributed by atoms with Crippen LogP contribution in [0.4, 0.5) is 4.39 Å². The van der Waals surface area contributed by atoms with E-state index in [1.54, 1.807) is 28.9 Å². The molecule has 3 heterocycles. The molecule has 1 aliphatic carbocycles. The minimum absolute atomic E-state index is 0.00857. The maximum absolute atomic E-state index is 13.9. The van der Waals surface area contributed by atoms with Gasteiger partial charge in [-0.1, -0.05) is 12.1 Å². The van der Waals surface area contributed by atoms with Gasteiger partial charge in [0.15, 0.2) is 5.69 Å². The zero-order valence-electron chi connectivity index (χ0n) is 19.2. The van der Waals surface area contributed by atoms with Crippen LogP contribution in [0.5, 0.6) is 11.6 Å². The number of ether oxygens (including phenoxy) is 1. The van der Waals surface area contributed by atoms with E-state index >= 15 is 0 Å². The molecule has 2 N–H and O–H groups in total. The Labute approximate surface area is 220 Å². The highest BCUT2D eigenvalue weighted by atomic mass is 127. The van der Waals surface area contributed by atoms with Crippen LogP contribution in [0.3, 0.4) is 0 Å². The first-order valence-corrected chi connectivity index (χ1v) is 12.7. The molecule has 0 saturated heterocycles. The highest BCUT2D eigenvalue weighted by Crippen LogP contribution is 2.26. The number of hydrogen-bond acceptors (Lipinski definition) is 5. The SMILES string of the molecule is O=C(N[C@H]1CC[C@H](NC(=O)c2cc(F)cnc2Oc2cccc(I)c2)CC1)c1cc2ccccn2n1. The Morgan fingerprint density at radius 3 is 2.44 bits per heavy atom. The molecule has 1 aromatic carbocycles. The summed E-state index contributed by atoms with van der Waals surface area (Å²) in [4.78, 5) is 29.6. The van der Waals surface area contributed by atoms with Gasteiger partial charge in [-0.05, 0) is 90.7 Å². The lowest BCUT2D eigenvalue weighted by molar-refractivity contribution is 0.0887. The van der Waals surface area contributed by atoms with Crippen LogP contribution in [0, 0.1) is 9.39 Å². The number of amides is 2. The number of pyridine rings is 2. The number of hydrogen-bond donors (Lipinski definition) is 2. The fourth-order valence-corrected chi connectivity index (χ4v) is 4.78. The predicted octanol–water partition coefficient (Wildman–Crippen LogP) is 4.74. The number of carbonyl (C=O) groups is 2. The molecule has 0 spiro atoms. The van der Waals surface area contributed by atoms with Crippen molar-refractivity contribution in [3.63, 3.8) is 0 Å². The van der Waals surface area contributed by atoms with Crippen LogP contribution in [0.25, 0.3) is 5.52 Å². The molecular formula is C26H23FIN5O3. The Morgan fingerprint density at radius 1 is 0.972 bits per heavy atom. The topological polar surface area (TPSA) is 97.6 Å². The summed E-state index contributed by atoms with van der Waals surface area (Å²) in [5.41, 5.74) is 1.26. The van der Waals surface area contributed by atoms with Crippen LogP contribution in [0.1, 0.15) is 46.5 Å².